The van der Waals surface area contributed by atoms with Crippen LogP contribution in [0.2, 0.25) is 0 Å². The first-order valence-electron chi connectivity index (χ1n) is 8.54. The average Bonchev–Trinajstić information content (AvgIpc) is 3.16. The first kappa shape index (κ1) is 17.4. The van der Waals surface area contributed by atoms with Crippen molar-refractivity contribution in [3.8, 4) is 0 Å². The molecule has 28 heavy (non-hydrogen) atoms. The minimum atomic E-state index is -0.468. The Labute approximate surface area is 159 Å². The van der Waals surface area contributed by atoms with E-state index in [4.69, 9.17) is 4.42 Å². The van der Waals surface area contributed by atoms with Crippen LogP contribution in [0.1, 0.15) is 21.8 Å². The number of fused-ring (bicyclic) bond motifs is 1. The molecule has 136 valence electrons. The van der Waals surface area contributed by atoms with Crippen LogP contribution in [0, 0.1) is 10.1 Å². The van der Waals surface area contributed by atoms with Gasteiger partial charge < -0.3 is 4.42 Å². The van der Waals surface area contributed by atoms with Crippen LogP contribution in [0.5, 0.6) is 0 Å². The number of ketones is 1. The molecule has 0 fully saturated rings. The summed E-state index contributed by atoms with van der Waals surface area (Å²) in [5.74, 6) is -0.0427. The fraction of sp³-hybridized carbons (Fsp3) is 0. The zero-order valence-corrected chi connectivity index (χ0v) is 14.6. The van der Waals surface area contributed by atoms with E-state index in [0.29, 0.717) is 22.2 Å². The van der Waals surface area contributed by atoms with Gasteiger partial charge in [-0.05, 0) is 35.9 Å². The Balaban J connectivity index is 1.83. The molecule has 0 aliphatic carbocycles. The molecule has 6 nitrogen and oxygen atoms in total. The van der Waals surface area contributed by atoms with Gasteiger partial charge in [-0.15, -0.1) is 0 Å². The Morgan fingerprint density at radius 2 is 1.61 bits per heavy atom. The van der Waals surface area contributed by atoms with Gasteiger partial charge in [0.1, 0.15) is 5.52 Å². The summed E-state index contributed by atoms with van der Waals surface area (Å²) in [4.78, 5) is 28.0. The predicted octanol–water partition coefficient (Wildman–Crippen LogP) is 5.16. The van der Waals surface area contributed by atoms with Crippen molar-refractivity contribution in [2.24, 2.45) is 0 Å². The van der Waals surface area contributed by atoms with Gasteiger partial charge in [0.2, 0.25) is 5.89 Å². The molecule has 0 amide bonds. The lowest BCUT2D eigenvalue weighted by molar-refractivity contribution is -0.384. The van der Waals surface area contributed by atoms with Crippen LogP contribution in [-0.2, 0) is 0 Å². The van der Waals surface area contributed by atoms with Crippen LogP contribution in [0.4, 0.5) is 5.69 Å². The molecule has 1 heterocycles. The van der Waals surface area contributed by atoms with Gasteiger partial charge >= 0.3 is 0 Å². The van der Waals surface area contributed by atoms with E-state index in [2.05, 4.69) is 4.98 Å². The number of rotatable bonds is 5. The van der Waals surface area contributed by atoms with Gasteiger partial charge in [0.25, 0.3) is 5.69 Å². The van der Waals surface area contributed by atoms with E-state index in [9.17, 15) is 14.9 Å². The molecule has 0 spiro atoms. The highest BCUT2D eigenvalue weighted by atomic mass is 16.6. The lowest BCUT2D eigenvalue weighted by Crippen LogP contribution is -2.03. The van der Waals surface area contributed by atoms with E-state index >= 15 is 0 Å². The highest BCUT2D eigenvalue weighted by Crippen LogP contribution is 2.26. The number of nitrogens with zero attached hydrogens (tertiary/aromatic N) is 2. The molecule has 0 saturated heterocycles. The molecule has 1 aromatic heterocycles. The normalized spacial score (nSPS) is 11.5. The molecular formula is C22H14N2O4. The number of allylic oxidation sites excluding steroid dienone is 1. The predicted molar refractivity (Wildman–Crippen MR) is 106 cm³/mol. The van der Waals surface area contributed by atoms with E-state index in [1.165, 1.54) is 12.1 Å². The minimum absolute atomic E-state index is 0.0186. The summed E-state index contributed by atoms with van der Waals surface area (Å²) < 4.78 is 5.80. The largest absolute Gasteiger partial charge is 0.436 e. The van der Waals surface area contributed by atoms with E-state index in [0.717, 1.165) is 0 Å². The average molecular weight is 370 g/mol. The molecule has 0 unspecified atom stereocenters. The number of non-ortho nitro benzene ring substituents is 1. The number of hydrogen-bond donors (Lipinski definition) is 0. The molecule has 0 atom stereocenters. The molecule has 0 aliphatic rings. The molecule has 3 aromatic carbocycles. The van der Waals surface area contributed by atoms with Gasteiger partial charge in [0, 0.05) is 17.7 Å². The van der Waals surface area contributed by atoms with Crippen LogP contribution >= 0.6 is 0 Å². The molecule has 0 bridgehead atoms. The van der Waals surface area contributed by atoms with Crippen molar-refractivity contribution in [3.05, 3.63) is 106 Å². The Hall–Kier alpha value is -4.06. The molecule has 0 radical (unpaired) electrons. The van der Waals surface area contributed by atoms with Gasteiger partial charge in [-0.25, -0.2) is 4.98 Å². The topological polar surface area (TPSA) is 86.2 Å². The molecule has 4 rings (SSSR count). The Bertz CT molecular complexity index is 1160. The number of nitro benzene ring substituents is 1. The summed E-state index contributed by atoms with van der Waals surface area (Å²) in [7, 11) is 0. The third-order valence-corrected chi connectivity index (χ3v) is 4.22. The number of nitro groups is 1. The van der Waals surface area contributed by atoms with Crippen molar-refractivity contribution in [1.29, 1.82) is 0 Å². The van der Waals surface area contributed by atoms with Crippen molar-refractivity contribution < 1.29 is 14.1 Å². The molecule has 6 heteroatoms. The third kappa shape index (κ3) is 3.43. The number of Topliss-reactive ketones (excluding diaryl/α,β-unsaturated/α-hetero) is 1. The summed E-state index contributed by atoms with van der Waals surface area (Å²) in [5.41, 5.74) is 2.61. The Kier molecular flexibility index (Phi) is 4.51. The maximum atomic E-state index is 13.1. The zero-order valence-electron chi connectivity index (χ0n) is 14.6. The fourth-order valence-electron chi connectivity index (χ4n) is 2.82. The molecule has 4 aromatic rings. The maximum Gasteiger partial charge on any atom is 0.269 e. The number of para-hydroxylation sites is 2. The highest BCUT2D eigenvalue weighted by Gasteiger charge is 2.20. The second kappa shape index (κ2) is 7.28. The number of carbonyl (C=O) groups excluding carboxylic acids is 1. The first-order chi connectivity index (χ1) is 13.6. The van der Waals surface area contributed by atoms with Gasteiger partial charge in [-0.1, -0.05) is 42.5 Å². The van der Waals surface area contributed by atoms with Crippen molar-refractivity contribution in [2.75, 3.05) is 0 Å². The van der Waals surface area contributed by atoms with E-state index in [-0.39, 0.29) is 22.9 Å². The van der Waals surface area contributed by atoms with Gasteiger partial charge in [0.05, 0.1) is 10.5 Å². The SMILES string of the molecule is O=C(/C(=C\c1ccc([N+](=O)[O-])cc1)c1nc2ccccc2o1)c1ccccc1. The zero-order chi connectivity index (χ0) is 19.5. The number of hydrogen-bond acceptors (Lipinski definition) is 5. The quantitative estimate of drug-likeness (QED) is 0.210. The minimum Gasteiger partial charge on any atom is -0.436 e. The fourth-order valence-corrected chi connectivity index (χ4v) is 2.82. The lowest BCUT2D eigenvalue weighted by atomic mass is 10.0. The summed E-state index contributed by atoms with van der Waals surface area (Å²) in [6.45, 7) is 0. The second-order valence-corrected chi connectivity index (χ2v) is 6.09. The lowest BCUT2D eigenvalue weighted by Gasteiger charge is -2.04. The smallest absolute Gasteiger partial charge is 0.269 e. The molecular weight excluding hydrogens is 356 g/mol. The monoisotopic (exact) mass is 370 g/mol. The van der Waals surface area contributed by atoms with Crippen molar-refractivity contribution in [1.82, 2.24) is 4.98 Å². The number of aromatic nitrogens is 1. The number of oxazole rings is 1. The van der Waals surface area contributed by atoms with E-state index in [1.807, 2.05) is 18.2 Å². The van der Waals surface area contributed by atoms with Crippen LogP contribution in [0.3, 0.4) is 0 Å². The van der Waals surface area contributed by atoms with E-state index < -0.39 is 4.92 Å². The van der Waals surface area contributed by atoms with Crippen molar-refractivity contribution in [2.45, 2.75) is 0 Å². The van der Waals surface area contributed by atoms with Gasteiger partial charge in [-0.2, -0.15) is 0 Å². The Morgan fingerprint density at radius 1 is 0.929 bits per heavy atom. The Morgan fingerprint density at radius 3 is 2.29 bits per heavy atom. The summed E-state index contributed by atoms with van der Waals surface area (Å²) in [5, 5.41) is 10.9. The van der Waals surface area contributed by atoms with Gasteiger partial charge in [-0.3, -0.25) is 14.9 Å². The first-order valence-corrected chi connectivity index (χ1v) is 8.54. The van der Waals surface area contributed by atoms with Crippen LogP contribution in [0.25, 0.3) is 22.7 Å². The van der Waals surface area contributed by atoms with Crippen LogP contribution in [-0.4, -0.2) is 15.7 Å². The summed E-state index contributed by atoms with van der Waals surface area (Å²) in [6, 6.07) is 22.0. The van der Waals surface area contributed by atoms with Crippen LogP contribution < -0.4 is 0 Å². The number of carbonyl (C=O) groups is 1. The molecule has 0 saturated carbocycles. The van der Waals surface area contributed by atoms with Crippen LogP contribution in [0.15, 0.2) is 83.3 Å². The van der Waals surface area contributed by atoms with Crippen molar-refractivity contribution in [3.63, 3.8) is 0 Å². The molecule has 0 aliphatic heterocycles. The second-order valence-electron chi connectivity index (χ2n) is 6.09. The highest BCUT2D eigenvalue weighted by molar-refractivity contribution is 6.31. The number of benzene rings is 3. The van der Waals surface area contributed by atoms with Gasteiger partial charge in [0.15, 0.2) is 11.4 Å². The third-order valence-electron chi connectivity index (χ3n) is 4.22. The summed E-state index contributed by atoms with van der Waals surface area (Å²) in [6.07, 6.45) is 1.63. The standard InChI is InChI=1S/C22H14N2O4/c25-21(16-6-2-1-3-7-16)18(14-15-10-12-17(13-11-15)24(26)27)22-23-19-8-4-5-9-20(19)28-22/h1-14H/b18-14+. The van der Waals surface area contributed by atoms with E-state index in [1.54, 1.807) is 54.6 Å². The summed E-state index contributed by atoms with van der Waals surface area (Å²) >= 11 is 0. The molecule has 0 N–H and O–H groups in total. The maximum absolute atomic E-state index is 13.1. The van der Waals surface area contributed by atoms with Crippen molar-refractivity contribution >= 4 is 34.2 Å².